The first-order valence-electron chi connectivity index (χ1n) is 4.37. The number of pyridine rings is 1. The third kappa shape index (κ3) is 2.22. The number of aromatic nitrogens is 1. The highest BCUT2D eigenvalue weighted by molar-refractivity contribution is 5.94. The molecule has 0 saturated carbocycles. The van der Waals surface area contributed by atoms with E-state index in [4.69, 9.17) is 5.26 Å². The van der Waals surface area contributed by atoms with Crippen molar-refractivity contribution in [2.24, 2.45) is 0 Å². The molecule has 7 nitrogen and oxygen atoms in total. The van der Waals surface area contributed by atoms with E-state index in [-0.39, 0.29) is 0 Å². The smallest absolute Gasteiger partial charge is 0.341 e. The lowest BCUT2D eigenvalue weighted by Gasteiger charge is -2.08. The molecule has 0 aliphatic rings. The Morgan fingerprint density at radius 2 is 2.28 bits per heavy atom. The molecule has 1 heterocycles. The number of alkyl halides is 2. The van der Waals surface area contributed by atoms with Gasteiger partial charge in [-0.15, -0.1) is 0 Å². The van der Waals surface area contributed by atoms with Crippen LogP contribution in [0.1, 0.15) is 28.0 Å². The van der Waals surface area contributed by atoms with Crippen molar-refractivity contribution in [1.82, 2.24) is 4.98 Å². The lowest BCUT2D eigenvalue weighted by molar-refractivity contribution is -0.386. The van der Waals surface area contributed by atoms with Crippen LogP contribution >= 0.6 is 0 Å². The molecule has 0 aromatic carbocycles. The van der Waals surface area contributed by atoms with E-state index >= 15 is 0 Å². The predicted molar refractivity (Wildman–Crippen MR) is 51.9 cm³/mol. The molecule has 0 radical (unpaired) electrons. The van der Waals surface area contributed by atoms with Gasteiger partial charge in [-0.25, -0.2) is 18.6 Å². The Kier molecular flexibility index (Phi) is 3.83. The normalized spacial score (nSPS) is 9.94. The number of esters is 1. The zero-order valence-electron chi connectivity index (χ0n) is 8.89. The summed E-state index contributed by atoms with van der Waals surface area (Å²) in [4.78, 5) is 24.1. The standard InChI is InChI=1S/C9H5F2N3O4/c1-18-9(15)6-4(2-12)13-3-5(14(16)17)7(6)8(10)11/h3,8H,1H3. The van der Waals surface area contributed by atoms with Crippen LogP contribution in [0.4, 0.5) is 14.5 Å². The Bertz CT molecular complexity index is 553. The number of ether oxygens (including phenoxy) is 1. The molecule has 0 unspecified atom stereocenters. The Morgan fingerprint density at radius 1 is 1.67 bits per heavy atom. The van der Waals surface area contributed by atoms with Gasteiger partial charge in [0.05, 0.1) is 12.0 Å². The first kappa shape index (κ1) is 13.4. The molecule has 0 N–H and O–H groups in total. The Balaban J connectivity index is 3.71. The van der Waals surface area contributed by atoms with Crippen LogP contribution in [0.15, 0.2) is 6.20 Å². The maximum atomic E-state index is 12.8. The van der Waals surface area contributed by atoms with Gasteiger partial charge in [0.15, 0.2) is 5.69 Å². The summed E-state index contributed by atoms with van der Waals surface area (Å²) in [5, 5.41) is 19.2. The van der Waals surface area contributed by atoms with Crippen LogP contribution in [0, 0.1) is 21.4 Å². The van der Waals surface area contributed by atoms with Gasteiger partial charge in [-0.2, -0.15) is 5.26 Å². The van der Waals surface area contributed by atoms with Crippen LogP contribution in [0.2, 0.25) is 0 Å². The number of carbonyl (C=O) groups is 1. The number of hydrogen-bond donors (Lipinski definition) is 0. The summed E-state index contributed by atoms with van der Waals surface area (Å²) < 4.78 is 29.8. The van der Waals surface area contributed by atoms with Crippen LogP contribution in [0.3, 0.4) is 0 Å². The molecule has 1 rings (SSSR count). The van der Waals surface area contributed by atoms with Gasteiger partial charge < -0.3 is 4.74 Å². The van der Waals surface area contributed by atoms with Gasteiger partial charge >= 0.3 is 5.97 Å². The van der Waals surface area contributed by atoms with Gasteiger partial charge in [0.2, 0.25) is 0 Å². The number of hydrogen-bond acceptors (Lipinski definition) is 6. The second-order valence-corrected chi connectivity index (χ2v) is 2.94. The number of methoxy groups -OCH3 is 1. The number of nitrogens with zero attached hydrogens (tertiary/aromatic N) is 3. The van der Waals surface area contributed by atoms with E-state index in [0.717, 1.165) is 7.11 Å². The van der Waals surface area contributed by atoms with Crippen molar-refractivity contribution in [3.8, 4) is 6.07 Å². The Hall–Kier alpha value is -2.63. The molecule has 0 spiro atoms. The number of halogens is 2. The number of rotatable bonds is 3. The molecule has 0 saturated heterocycles. The highest BCUT2D eigenvalue weighted by Gasteiger charge is 2.32. The third-order valence-corrected chi connectivity index (χ3v) is 2.01. The third-order valence-electron chi connectivity index (χ3n) is 2.01. The summed E-state index contributed by atoms with van der Waals surface area (Å²) in [7, 11) is 0.900. The van der Waals surface area contributed by atoms with Crippen molar-refractivity contribution in [3.05, 3.63) is 33.1 Å². The van der Waals surface area contributed by atoms with Crippen LogP contribution in [0.25, 0.3) is 0 Å². The van der Waals surface area contributed by atoms with Crippen LogP contribution in [-0.4, -0.2) is 23.0 Å². The van der Waals surface area contributed by atoms with Gasteiger partial charge in [0.25, 0.3) is 12.1 Å². The quantitative estimate of drug-likeness (QED) is 0.462. The molecular weight excluding hydrogens is 252 g/mol. The lowest BCUT2D eigenvalue weighted by Crippen LogP contribution is -2.13. The summed E-state index contributed by atoms with van der Waals surface area (Å²) in [6.45, 7) is 0. The van der Waals surface area contributed by atoms with E-state index < -0.39 is 39.8 Å². The highest BCUT2D eigenvalue weighted by atomic mass is 19.3. The topological polar surface area (TPSA) is 106 Å². The van der Waals surface area contributed by atoms with Gasteiger partial charge in [0.1, 0.15) is 23.4 Å². The lowest BCUT2D eigenvalue weighted by atomic mass is 10.1. The molecule has 18 heavy (non-hydrogen) atoms. The fraction of sp³-hybridized carbons (Fsp3) is 0.222. The second-order valence-electron chi connectivity index (χ2n) is 2.94. The largest absolute Gasteiger partial charge is 0.465 e. The number of nitriles is 1. The van der Waals surface area contributed by atoms with E-state index in [1.165, 1.54) is 6.07 Å². The van der Waals surface area contributed by atoms with Crippen molar-refractivity contribution >= 4 is 11.7 Å². The van der Waals surface area contributed by atoms with Crippen molar-refractivity contribution in [2.75, 3.05) is 7.11 Å². The SMILES string of the molecule is COC(=O)c1c(C#N)ncc([N+](=O)[O-])c1C(F)F. The fourth-order valence-corrected chi connectivity index (χ4v) is 1.28. The van der Waals surface area contributed by atoms with Crippen molar-refractivity contribution in [1.29, 1.82) is 5.26 Å². The molecule has 0 atom stereocenters. The molecule has 9 heteroatoms. The molecule has 94 valence electrons. The van der Waals surface area contributed by atoms with Crippen LogP contribution in [-0.2, 0) is 4.74 Å². The van der Waals surface area contributed by atoms with Crippen LogP contribution in [0.5, 0.6) is 0 Å². The minimum atomic E-state index is -3.31. The van der Waals surface area contributed by atoms with Crippen molar-refractivity contribution in [2.45, 2.75) is 6.43 Å². The first-order valence-corrected chi connectivity index (χ1v) is 4.37. The van der Waals surface area contributed by atoms with Gasteiger partial charge in [0, 0.05) is 0 Å². The Labute approximate surface area is 98.8 Å². The highest BCUT2D eigenvalue weighted by Crippen LogP contribution is 2.33. The molecule has 1 aromatic heterocycles. The molecule has 0 aliphatic heterocycles. The maximum Gasteiger partial charge on any atom is 0.341 e. The summed E-state index contributed by atoms with van der Waals surface area (Å²) in [6.07, 6.45) is -2.80. The van der Waals surface area contributed by atoms with Gasteiger partial charge in [-0.1, -0.05) is 0 Å². The monoisotopic (exact) mass is 257 g/mol. The fourth-order valence-electron chi connectivity index (χ4n) is 1.28. The number of carbonyl (C=O) groups excluding carboxylic acids is 1. The second kappa shape index (κ2) is 5.13. The Morgan fingerprint density at radius 3 is 2.67 bits per heavy atom. The summed E-state index contributed by atoms with van der Waals surface area (Å²) in [5.41, 5.74) is -3.74. The van der Waals surface area contributed by atoms with E-state index in [1.807, 2.05) is 0 Å². The van der Waals surface area contributed by atoms with Crippen molar-refractivity contribution < 1.29 is 23.2 Å². The predicted octanol–water partition coefficient (Wildman–Crippen LogP) is 1.59. The molecular formula is C9H5F2N3O4. The average Bonchev–Trinajstić information content (AvgIpc) is 2.35. The number of nitro groups is 1. The molecule has 0 fully saturated rings. The van der Waals surface area contributed by atoms with E-state index in [2.05, 4.69) is 9.72 Å². The maximum absolute atomic E-state index is 12.8. The average molecular weight is 257 g/mol. The van der Waals surface area contributed by atoms with E-state index in [1.54, 1.807) is 0 Å². The first-order chi connectivity index (χ1) is 8.43. The van der Waals surface area contributed by atoms with Gasteiger partial charge in [-0.05, 0) is 0 Å². The summed E-state index contributed by atoms with van der Waals surface area (Å²) in [5.74, 6) is -1.28. The molecule has 0 aliphatic carbocycles. The summed E-state index contributed by atoms with van der Waals surface area (Å²) >= 11 is 0. The summed E-state index contributed by atoms with van der Waals surface area (Å²) in [6, 6.07) is 1.40. The van der Waals surface area contributed by atoms with Crippen molar-refractivity contribution in [3.63, 3.8) is 0 Å². The van der Waals surface area contributed by atoms with Crippen LogP contribution < -0.4 is 0 Å². The zero-order chi connectivity index (χ0) is 13.9. The minimum absolute atomic E-state index is 0.506. The minimum Gasteiger partial charge on any atom is -0.465 e. The molecule has 0 bridgehead atoms. The van der Waals surface area contributed by atoms with E-state index in [0.29, 0.717) is 6.20 Å². The zero-order valence-corrected chi connectivity index (χ0v) is 8.89. The molecule has 0 amide bonds. The molecule has 1 aromatic rings. The van der Waals surface area contributed by atoms with Gasteiger partial charge in [-0.3, -0.25) is 10.1 Å². The van der Waals surface area contributed by atoms with E-state index in [9.17, 15) is 23.7 Å².